The molecule has 0 saturated carbocycles. The van der Waals surface area contributed by atoms with Gasteiger partial charge in [-0.25, -0.2) is 0 Å². The predicted octanol–water partition coefficient (Wildman–Crippen LogP) is 0.757. The van der Waals surface area contributed by atoms with Crippen LogP contribution in [-0.4, -0.2) is 41.6 Å². The fourth-order valence-corrected chi connectivity index (χ4v) is 5.42. The van der Waals surface area contributed by atoms with Crippen LogP contribution >= 0.6 is 0 Å². The largest absolute Gasteiger partial charge is 0.550 e. The maximum absolute atomic E-state index is 12.9. The SMILES string of the molecule is CC1=C[C@@H](C)[C@H](CN2C[C@]34C=C[C@@H](O3)[C@H](C(=O)[O-])[C@@H]4C2=O)[C@H](C)C1. The molecule has 2 bridgehead atoms. The van der Waals surface area contributed by atoms with Crippen molar-refractivity contribution in [2.45, 2.75) is 38.9 Å². The van der Waals surface area contributed by atoms with Crippen molar-refractivity contribution in [3.8, 4) is 0 Å². The Balaban J connectivity index is 1.56. The third-order valence-corrected chi connectivity index (χ3v) is 6.48. The van der Waals surface area contributed by atoms with Crippen molar-refractivity contribution in [2.75, 3.05) is 13.1 Å². The Morgan fingerprint density at radius 1 is 1.46 bits per heavy atom. The van der Waals surface area contributed by atoms with Crippen molar-refractivity contribution in [2.24, 2.45) is 29.6 Å². The molecule has 5 heteroatoms. The standard InChI is InChI=1S/C19H25NO4/c1-10-6-11(2)13(12(3)7-10)8-20-9-19-5-4-14(24-19)15(18(22)23)16(19)17(20)21/h4-6,11-16H,7-9H2,1-3H3,(H,22,23)/p-1/t11-,12-,13+,14-,15+,16-,19+/m1/s1. The predicted molar refractivity (Wildman–Crippen MR) is 85.5 cm³/mol. The second kappa shape index (κ2) is 5.19. The highest BCUT2D eigenvalue weighted by atomic mass is 16.5. The summed E-state index contributed by atoms with van der Waals surface area (Å²) in [4.78, 5) is 26.3. The molecule has 24 heavy (non-hydrogen) atoms. The van der Waals surface area contributed by atoms with Gasteiger partial charge in [0.1, 0.15) is 5.60 Å². The van der Waals surface area contributed by atoms with Gasteiger partial charge in [-0.2, -0.15) is 0 Å². The average molecular weight is 330 g/mol. The lowest BCUT2D eigenvalue weighted by Crippen LogP contribution is -2.45. The van der Waals surface area contributed by atoms with Gasteiger partial charge in [-0.3, -0.25) is 4.79 Å². The first-order valence-corrected chi connectivity index (χ1v) is 8.86. The Kier molecular flexibility index (Phi) is 3.43. The highest BCUT2D eigenvalue weighted by Crippen LogP contribution is 2.52. The van der Waals surface area contributed by atoms with E-state index in [1.54, 1.807) is 6.08 Å². The van der Waals surface area contributed by atoms with Crippen molar-refractivity contribution >= 4 is 11.9 Å². The number of carbonyl (C=O) groups is 2. The van der Waals surface area contributed by atoms with Crippen LogP contribution in [0.3, 0.4) is 0 Å². The maximum atomic E-state index is 12.9. The van der Waals surface area contributed by atoms with Crippen molar-refractivity contribution in [1.82, 2.24) is 4.90 Å². The molecule has 3 aliphatic heterocycles. The van der Waals surface area contributed by atoms with E-state index in [1.165, 1.54) is 5.57 Å². The quantitative estimate of drug-likeness (QED) is 0.716. The summed E-state index contributed by atoms with van der Waals surface area (Å²) >= 11 is 0. The van der Waals surface area contributed by atoms with Gasteiger partial charge >= 0.3 is 0 Å². The molecule has 0 aromatic rings. The van der Waals surface area contributed by atoms with Crippen molar-refractivity contribution in [3.05, 3.63) is 23.8 Å². The number of likely N-dealkylation sites (tertiary alicyclic amines) is 1. The number of nitrogens with zero attached hydrogens (tertiary/aromatic N) is 1. The van der Waals surface area contributed by atoms with Crippen LogP contribution in [0.15, 0.2) is 23.8 Å². The van der Waals surface area contributed by atoms with E-state index in [0.717, 1.165) is 6.42 Å². The third-order valence-electron chi connectivity index (χ3n) is 6.48. The molecule has 0 aromatic carbocycles. The van der Waals surface area contributed by atoms with E-state index in [9.17, 15) is 14.7 Å². The molecular formula is C19H24NO4-. The van der Waals surface area contributed by atoms with E-state index in [1.807, 2.05) is 11.0 Å². The van der Waals surface area contributed by atoms with Crippen molar-refractivity contribution in [1.29, 1.82) is 0 Å². The molecule has 130 valence electrons. The van der Waals surface area contributed by atoms with Crippen LogP contribution in [0.2, 0.25) is 0 Å². The van der Waals surface area contributed by atoms with Gasteiger partial charge in [0.2, 0.25) is 5.91 Å². The Labute approximate surface area is 142 Å². The number of aliphatic carboxylic acids is 1. The first-order chi connectivity index (χ1) is 11.3. The summed E-state index contributed by atoms with van der Waals surface area (Å²) in [5, 5.41) is 11.5. The van der Waals surface area contributed by atoms with Gasteiger partial charge in [-0.05, 0) is 31.1 Å². The molecule has 4 aliphatic rings. The molecule has 0 N–H and O–H groups in total. The Hall–Kier alpha value is -1.62. The molecule has 1 aliphatic carbocycles. The Bertz CT molecular complexity index is 654. The van der Waals surface area contributed by atoms with E-state index < -0.39 is 29.5 Å². The zero-order chi connectivity index (χ0) is 17.2. The lowest BCUT2D eigenvalue weighted by molar-refractivity contribution is -0.313. The summed E-state index contributed by atoms with van der Waals surface area (Å²) in [6.45, 7) is 7.74. The van der Waals surface area contributed by atoms with Gasteiger partial charge in [-0.1, -0.05) is 37.6 Å². The molecule has 4 rings (SSSR count). The third kappa shape index (κ3) is 2.10. The molecule has 2 saturated heterocycles. The van der Waals surface area contributed by atoms with Crippen LogP contribution in [0, 0.1) is 29.6 Å². The van der Waals surface area contributed by atoms with Crippen molar-refractivity contribution < 1.29 is 19.4 Å². The van der Waals surface area contributed by atoms with Gasteiger partial charge in [0, 0.05) is 18.4 Å². The zero-order valence-corrected chi connectivity index (χ0v) is 14.4. The van der Waals surface area contributed by atoms with Crippen LogP contribution < -0.4 is 5.11 Å². The van der Waals surface area contributed by atoms with E-state index >= 15 is 0 Å². The minimum atomic E-state index is -1.18. The van der Waals surface area contributed by atoms with Crippen molar-refractivity contribution in [3.63, 3.8) is 0 Å². The van der Waals surface area contributed by atoms with Gasteiger partial charge in [0.25, 0.3) is 0 Å². The number of carboxylic acid groups (broad SMARTS) is 1. The number of amides is 1. The number of hydrogen-bond acceptors (Lipinski definition) is 4. The molecule has 2 fully saturated rings. The van der Waals surface area contributed by atoms with Gasteiger partial charge in [-0.15, -0.1) is 0 Å². The first kappa shape index (κ1) is 15.9. The Morgan fingerprint density at radius 3 is 2.88 bits per heavy atom. The molecule has 7 atom stereocenters. The van der Waals surface area contributed by atoms with Gasteiger partial charge in [0.15, 0.2) is 0 Å². The summed E-state index contributed by atoms with van der Waals surface area (Å²) < 4.78 is 5.91. The molecule has 3 heterocycles. The highest BCUT2D eigenvalue weighted by molar-refractivity contribution is 5.90. The lowest BCUT2D eigenvalue weighted by Gasteiger charge is -2.36. The van der Waals surface area contributed by atoms with Gasteiger partial charge < -0.3 is 19.5 Å². The number of ether oxygens (including phenoxy) is 1. The number of allylic oxidation sites excluding steroid dienone is 2. The lowest BCUT2D eigenvalue weighted by atomic mass is 9.75. The summed E-state index contributed by atoms with van der Waals surface area (Å²) in [6.07, 6.45) is 6.54. The monoisotopic (exact) mass is 330 g/mol. The summed E-state index contributed by atoms with van der Waals surface area (Å²) in [6, 6.07) is 0. The molecular weight excluding hydrogens is 306 g/mol. The minimum absolute atomic E-state index is 0.0817. The molecule has 5 nitrogen and oxygen atoms in total. The highest BCUT2D eigenvalue weighted by Gasteiger charge is 2.65. The van der Waals surface area contributed by atoms with Crippen LogP contribution in [0.5, 0.6) is 0 Å². The minimum Gasteiger partial charge on any atom is -0.550 e. The number of hydrogen-bond donors (Lipinski definition) is 0. The second-order valence-electron chi connectivity index (χ2n) is 8.16. The molecule has 1 spiro atoms. The van der Waals surface area contributed by atoms with Crippen LogP contribution in [0.4, 0.5) is 0 Å². The van der Waals surface area contributed by atoms with Crippen LogP contribution in [0.1, 0.15) is 27.2 Å². The second-order valence-corrected chi connectivity index (χ2v) is 8.16. The maximum Gasteiger partial charge on any atom is 0.229 e. The van der Waals surface area contributed by atoms with E-state index in [2.05, 4.69) is 26.8 Å². The molecule has 0 unspecified atom stereocenters. The first-order valence-electron chi connectivity index (χ1n) is 8.86. The zero-order valence-electron chi connectivity index (χ0n) is 14.4. The summed E-state index contributed by atoms with van der Waals surface area (Å²) in [5.74, 6) is -1.40. The Morgan fingerprint density at radius 2 is 2.21 bits per heavy atom. The molecule has 1 amide bonds. The molecule has 0 radical (unpaired) electrons. The smallest absolute Gasteiger partial charge is 0.229 e. The van der Waals surface area contributed by atoms with E-state index in [-0.39, 0.29) is 5.91 Å². The topological polar surface area (TPSA) is 69.7 Å². The number of rotatable bonds is 3. The van der Waals surface area contributed by atoms with Gasteiger partial charge in [0.05, 0.1) is 18.6 Å². The summed E-state index contributed by atoms with van der Waals surface area (Å²) in [7, 11) is 0. The fourth-order valence-electron chi connectivity index (χ4n) is 5.42. The fraction of sp³-hybridized carbons (Fsp3) is 0.684. The van der Waals surface area contributed by atoms with Crippen LogP contribution in [-0.2, 0) is 14.3 Å². The molecule has 0 aromatic heterocycles. The number of carboxylic acids is 1. The van der Waals surface area contributed by atoms with E-state index in [4.69, 9.17) is 4.74 Å². The summed E-state index contributed by atoms with van der Waals surface area (Å²) in [5.41, 5.74) is 0.663. The van der Waals surface area contributed by atoms with E-state index in [0.29, 0.717) is 30.8 Å². The number of carbonyl (C=O) groups excluding carboxylic acids is 2. The average Bonchev–Trinajstić information content (AvgIpc) is 3.11. The normalized spacial score (nSPS) is 46.4. The number of fused-ring (bicyclic) bond motifs is 1. The van der Waals surface area contributed by atoms with Crippen LogP contribution in [0.25, 0.3) is 0 Å².